The van der Waals surface area contributed by atoms with Gasteiger partial charge in [-0.2, -0.15) is 5.20 Å². The fraction of sp³-hybridized carbons (Fsp3) is 0.143. The van der Waals surface area contributed by atoms with Crippen molar-refractivity contribution in [2.24, 2.45) is 5.84 Å². The molecule has 0 amide bonds. The maximum atomic E-state index is 5.44. The first-order chi connectivity index (χ1) is 5.64. The summed E-state index contributed by atoms with van der Waals surface area (Å²) in [6.07, 6.45) is -2.03. The Balaban J connectivity index is 2.71. The second-order valence-corrected chi connectivity index (χ2v) is 6.60. The summed E-state index contributed by atoms with van der Waals surface area (Å²) in [6, 6.07) is 9.40. The zero-order chi connectivity index (χ0) is 9.03. The van der Waals surface area contributed by atoms with Crippen LogP contribution in [0.3, 0.4) is 0 Å². The molecular formula is C7H11N2OPS. The normalized spacial score (nSPS) is 15.2. The van der Waals surface area contributed by atoms with E-state index < -0.39 is 6.42 Å². The molecule has 0 saturated carbocycles. The summed E-state index contributed by atoms with van der Waals surface area (Å²) >= 11 is 5.08. The molecular weight excluding hydrogens is 191 g/mol. The van der Waals surface area contributed by atoms with Crippen LogP contribution in [0, 0.1) is 0 Å². The van der Waals surface area contributed by atoms with Crippen LogP contribution >= 0.6 is 6.42 Å². The van der Waals surface area contributed by atoms with Crippen LogP contribution in [0.25, 0.3) is 0 Å². The van der Waals surface area contributed by atoms with Crippen molar-refractivity contribution in [1.82, 2.24) is 5.20 Å². The van der Waals surface area contributed by atoms with E-state index in [-0.39, 0.29) is 0 Å². The van der Waals surface area contributed by atoms with Crippen LogP contribution in [0.4, 0.5) is 0 Å². The number of rotatable bonds is 3. The molecule has 0 aromatic heterocycles. The van der Waals surface area contributed by atoms with Crippen LogP contribution in [-0.2, 0) is 11.8 Å². The lowest BCUT2D eigenvalue weighted by atomic mass is 10.3. The molecule has 0 spiro atoms. The summed E-state index contributed by atoms with van der Waals surface area (Å²) in [5.41, 5.74) is 0. The molecule has 0 aliphatic heterocycles. The molecule has 1 aromatic rings. The van der Waals surface area contributed by atoms with Gasteiger partial charge in [0.2, 0.25) is 0 Å². The number of hydrazine groups is 1. The monoisotopic (exact) mass is 202 g/mol. The Bertz CT molecular complexity index is 291. The fourth-order valence-electron chi connectivity index (χ4n) is 0.709. The first kappa shape index (κ1) is 9.68. The highest BCUT2D eigenvalue weighted by Crippen LogP contribution is 2.37. The predicted molar refractivity (Wildman–Crippen MR) is 54.6 cm³/mol. The van der Waals surface area contributed by atoms with Crippen LogP contribution in [0.15, 0.2) is 30.3 Å². The van der Waals surface area contributed by atoms with Crippen molar-refractivity contribution < 1.29 is 4.52 Å². The van der Waals surface area contributed by atoms with E-state index in [1.54, 1.807) is 6.66 Å². The minimum Gasteiger partial charge on any atom is -0.452 e. The van der Waals surface area contributed by atoms with E-state index in [4.69, 9.17) is 22.2 Å². The topological polar surface area (TPSA) is 47.3 Å². The second-order valence-electron chi connectivity index (χ2n) is 2.38. The van der Waals surface area contributed by atoms with E-state index in [0.717, 1.165) is 5.75 Å². The van der Waals surface area contributed by atoms with Gasteiger partial charge in [-0.15, -0.1) is 0 Å². The lowest BCUT2D eigenvalue weighted by Crippen LogP contribution is -2.20. The molecule has 3 N–H and O–H groups in total. The Morgan fingerprint density at radius 2 is 2.00 bits per heavy atom. The third kappa shape index (κ3) is 2.91. The number of para-hydroxylation sites is 1. The van der Waals surface area contributed by atoms with Gasteiger partial charge in [0, 0.05) is 6.66 Å². The molecule has 66 valence electrons. The maximum Gasteiger partial charge on any atom is 0.188 e. The van der Waals surface area contributed by atoms with Crippen LogP contribution in [0.5, 0.6) is 5.75 Å². The molecule has 0 saturated heterocycles. The van der Waals surface area contributed by atoms with Crippen molar-refractivity contribution in [3.8, 4) is 5.75 Å². The Labute approximate surface area is 77.0 Å². The van der Waals surface area contributed by atoms with E-state index >= 15 is 0 Å². The lowest BCUT2D eigenvalue weighted by molar-refractivity contribution is 0.603. The Morgan fingerprint density at radius 3 is 2.50 bits per heavy atom. The molecule has 0 fully saturated rings. The number of hydrogen-bond donors (Lipinski definition) is 2. The molecule has 12 heavy (non-hydrogen) atoms. The molecule has 1 atom stereocenters. The van der Waals surface area contributed by atoms with Crippen molar-refractivity contribution in [2.45, 2.75) is 0 Å². The van der Waals surface area contributed by atoms with Gasteiger partial charge in [0.15, 0.2) is 6.42 Å². The molecule has 0 radical (unpaired) electrons. The van der Waals surface area contributed by atoms with Gasteiger partial charge in [-0.25, -0.2) is 0 Å². The highest BCUT2D eigenvalue weighted by molar-refractivity contribution is 8.11. The Morgan fingerprint density at radius 1 is 1.42 bits per heavy atom. The first-order valence-electron chi connectivity index (χ1n) is 3.44. The van der Waals surface area contributed by atoms with Gasteiger partial charge in [0.25, 0.3) is 0 Å². The Hall–Kier alpha value is -0.410. The largest absolute Gasteiger partial charge is 0.452 e. The van der Waals surface area contributed by atoms with Crippen LogP contribution < -0.4 is 15.6 Å². The zero-order valence-electron chi connectivity index (χ0n) is 6.73. The SMILES string of the molecule is CP(=S)(NN)Oc1ccccc1. The molecule has 0 aliphatic rings. The van der Waals surface area contributed by atoms with Crippen molar-refractivity contribution in [1.29, 1.82) is 0 Å². The van der Waals surface area contributed by atoms with Crippen LogP contribution in [0.1, 0.15) is 0 Å². The number of hydrogen-bond acceptors (Lipinski definition) is 3. The minimum absolute atomic E-state index is 0.751. The number of nitrogens with one attached hydrogen (secondary N) is 1. The third-order valence-corrected chi connectivity index (χ3v) is 2.83. The average molecular weight is 202 g/mol. The third-order valence-electron chi connectivity index (χ3n) is 1.26. The number of benzene rings is 1. The Kier molecular flexibility index (Phi) is 3.23. The highest BCUT2D eigenvalue weighted by atomic mass is 32.4. The zero-order valence-corrected chi connectivity index (χ0v) is 8.44. The summed E-state index contributed by atoms with van der Waals surface area (Å²) in [7, 11) is 0. The fourth-order valence-corrected chi connectivity index (χ4v) is 1.54. The first-order valence-corrected chi connectivity index (χ1v) is 6.61. The molecule has 0 aliphatic carbocycles. The predicted octanol–water partition coefficient (Wildman–Crippen LogP) is 1.47. The van der Waals surface area contributed by atoms with Crippen molar-refractivity contribution >= 4 is 18.2 Å². The lowest BCUT2D eigenvalue weighted by Gasteiger charge is -2.16. The van der Waals surface area contributed by atoms with Crippen molar-refractivity contribution in [2.75, 3.05) is 6.66 Å². The minimum atomic E-state index is -2.03. The van der Waals surface area contributed by atoms with Crippen molar-refractivity contribution in [3.63, 3.8) is 0 Å². The summed E-state index contributed by atoms with van der Waals surface area (Å²) in [5, 5.41) is 2.49. The second kappa shape index (κ2) is 4.01. The standard InChI is InChI=1S/C7H11N2OPS/c1-11(12,9-8)10-7-5-3-2-4-6-7/h2-6H,8H2,1H3,(H,9,12). The van der Waals surface area contributed by atoms with E-state index in [9.17, 15) is 0 Å². The van der Waals surface area contributed by atoms with Gasteiger partial charge >= 0.3 is 0 Å². The van der Waals surface area contributed by atoms with Crippen LogP contribution in [0.2, 0.25) is 0 Å². The van der Waals surface area contributed by atoms with Gasteiger partial charge in [-0.1, -0.05) is 18.2 Å². The van der Waals surface area contributed by atoms with E-state index in [1.807, 2.05) is 30.3 Å². The summed E-state index contributed by atoms with van der Waals surface area (Å²) in [5.74, 6) is 5.98. The van der Waals surface area contributed by atoms with Gasteiger partial charge in [0.05, 0.1) is 0 Å². The molecule has 1 aromatic carbocycles. The summed E-state index contributed by atoms with van der Waals surface area (Å²) < 4.78 is 5.44. The van der Waals surface area contributed by atoms with E-state index in [2.05, 4.69) is 5.20 Å². The van der Waals surface area contributed by atoms with E-state index in [0.29, 0.717) is 0 Å². The van der Waals surface area contributed by atoms with Gasteiger partial charge in [-0.05, 0) is 23.9 Å². The molecule has 0 bridgehead atoms. The van der Waals surface area contributed by atoms with Gasteiger partial charge < -0.3 is 4.52 Å². The smallest absolute Gasteiger partial charge is 0.188 e. The maximum absolute atomic E-state index is 5.44. The highest BCUT2D eigenvalue weighted by Gasteiger charge is 2.07. The molecule has 0 heterocycles. The van der Waals surface area contributed by atoms with Gasteiger partial charge in [0.1, 0.15) is 5.75 Å². The van der Waals surface area contributed by atoms with Gasteiger partial charge in [-0.3, -0.25) is 5.84 Å². The molecule has 1 unspecified atom stereocenters. The van der Waals surface area contributed by atoms with Crippen LogP contribution in [-0.4, -0.2) is 6.66 Å². The van der Waals surface area contributed by atoms with E-state index in [1.165, 1.54) is 0 Å². The molecule has 3 nitrogen and oxygen atoms in total. The quantitative estimate of drug-likeness (QED) is 0.442. The summed E-state index contributed by atoms with van der Waals surface area (Å²) in [4.78, 5) is 0. The average Bonchev–Trinajstić information content (AvgIpc) is 2.06. The molecule has 5 heteroatoms. The molecule has 1 rings (SSSR count). The van der Waals surface area contributed by atoms with Crippen molar-refractivity contribution in [3.05, 3.63) is 30.3 Å². The number of nitrogens with two attached hydrogens (primary N) is 1. The summed E-state index contributed by atoms with van der Waals surface area (Å²) in [6.45, 7) is 1.79.